The number of benzene rings is 1. The number of hydrogen-bond donors (Lipinski definition) is 0. The second-order valence-corrected chi connectivity index (χ2v) is 3.68. The average Bonchev–Trinajstić information content (AvgIpc) is 2.12. The Morgan fingerprint density at radius 1 is 1.21 bits per heavy atom. The predicted octanol–water partition coefficient (Wildman–Crippen LogP) is 2.65. The lowest BCUT2D eigenvalue weighted by Crippen LogP contribution is -2.18. The van der Waals surface area contributed by atoms with Gasteiger partial charge in [-0.2, -0.15) is 5.26 Å². The summed E-state index contributed by atoms with van der Waals surface area (Å²) in [6.07, 6.45) is 0.573. The van der Waals surface area contributed by atoms with Crippen LogP contribution in [0.1, 0.15) is 17.5 Å². The SMILES string of the molecule is Cc1cc(C)cc(N(C)CCC#N)c1. The summed E-state index contributed by atoms with van der Waals surface area (Å²) >= 11 is 0. The lowest BCUT2D eigenvalue weighted by atomic mass is 10.1. The molecule has 0 N–H and O–H groups in total. The van der Waals surface area contributed by atoms with E-state index in [0.29, 0.717) is 6.42 Å². The first-order valence-electron chi connectivity index (χ1n) is 4.80. The molecule has 0 aliphatic carbocycles. The van der Waals surface area contributed by atoms with Crippen molar-refractivity contribution in [3.8, 4) is 6.07 Å². The van der Waals surface area contributed by atoms with Gasteiger partial charge in [0, 0.05) is 19.3 Å². The molecule has 0 radical (unpaired) electrons. The molecule has 0 saturated carbocycles. The molecule has 0 spiro atoms. The molecule has 1 aromatic carbocycles. The number of nitriles is 1. The van der Waals surface area contributed by atoms with E-state index in [1.165, 1.54) is 16.8 Å². The fourth-order valence-corrected chi connectivity index (χ4v) is 1.52. The van der Waals surface area contributed by atoms with Crippen molar-refractivity contribution in [1.29, 1.82) is 5.26 Å². The summed E-state index contributed by atoms with van der Waals surface area (Å²) in [5.74, 6) is 0. The quantitative estimate of drug-likeness (QED) is 0.729. The summed E-state index contributed by atoms with van der Waals surface area (Å²) in [7, 11) is 2.02. The van der Waals surface area contributed by atoms with E-state index < -0.39 is 0 Å². The largest absolute Gasteiger partial charge is 0.374 e. The van der Waals surface area contributed by atoms with Gasteiger partial charge in [-0.05, 0) is 37.1 Å². The maximum atomic E-state index is 8.49. The number of anilines is 1. The molecule has 1 aromatic rings. The van der Waals surface area contributed by atoms with E-state index in [9.17, 15) is 0 Å². The fourth-order valence-electron chi connectivity index (χ4n) is 1.52. The molecule has 2 heteroatoms. The molecule has 0 saturated heterocycles. The van der Waals surface area contributed by atoms with Gasteiger partial charge in [-0.3, -0.25) is 0 Å². The van der Waals surface area contributed by atoms with E-state index in [2.05, 4.69) is 43.0 Å². The normalized spacial score (nSPS) is 9.57. The lowest BCUT2D eigenvalue weighted by molar-refractivity contribution is 0.903. The molecule has 2 nitrogen and oxygen atoms in total. The number of nitrogens with zero attached hydrogens (tertiary/aromatic N) is 2. The topological polar surface area (TPSA) is 27.0 Å². The van der Waals surface area contributed by atoms with Gasteiger partial charge in [-0.1, -0.05) is 6.07 Å². The monoisotopic (exact) mass is 188 g/mol. The molecule has 74 valence electrons. The van der Waals surface area contributed by atoms with Crippen molar-refractivity contribution in [2.45, 2.75) is 20.3 Å². The maximum absolute atomic E-state index is 8.49. The molecule has 0 fully saturated rings. The summed E-state index contributed by atoms with van der Waals surface area (Å²) in [4.78, 5) is 2.11. The van der Waals surface area contributed by atoms with Gasteiger partial charge >= 0.3 is 0 Å². The van der Waals surface area contributed by atoms with Gasteiger partial charge in [0.2, 0.25) is 0 Å². The fraction of sp³-hybridized carbons (Fsp3) is 0.417. The minimum absolute atomic E-state index is 0.573. The highest BCUT2D eigenvalue weighted by Crippen LogP contribution is 2.17. The van der Waals surface area contributed by atoms with E-state index in [4.69, 9.17) is 5.26 Å². The summed E-state index contributed by atoms with van der Waals surface area (Å²) < 4.78 is 0. The van der Waals surface area contributed by atoms with Gasteiger partial charge in [0.1, 0.15) is 0 Å². The molecular weight excluding hydrogens is 172 g/mol. The predicted molar refractivity (Wildman–Crippen MR) is 59.4 cm³/mol. The van der Waals surface area contributed by atoms with Gasteiger partial charge < -0.3 is 4.90 Å². The molecule has 0 aromatic heterocycles. The van der Waals surface area contributed by atoms with Crippen LogP contribution in [0, 0.1) is 25.2 Å². The highest BCUT2D eigenvalue weighted by molar-refractivity contribution is 5.50. The second kappa shape index (κ2) is 4.66. The average molecular weight is 188 g/mol. The molecule has 0 amide bonds. The van der Waals surface area contributed by atoms with Crippen LogP contribution in [-0.2, 0) is 0 Å². The van der Waals surface area contributed by atoms with Gasteiger partial charge in [-0.15, -0.1) is 0 Å². The number of aryl methyl sites for hydroxylation is 2. The zero-order valence-electron chi connectivity index (χ0n) is 9.04. The van der Waals surface area contributed by atoms with E-state index in [1.54, 1.807) is 0 Å². The zero-order valence-corrected chi connectivity index (χ0v) is 9.04. The van der Waals surface area contributed by atoms with Gasteiger partial charge in [0.25, 0.3) is 0 Å². The molecule has 0 unspecified atom stereocenters. The standard InChI is InChI=1S/C12H16N2/c1-10-7-11(2)9-12(8-10)14(3)6-4-5-13/h7-9H,4,6H2,1-3H3. The van der Waals surface area contributed by atoms with E-state index in [1.807, 2.05) is 7.05 Å². The Morgan fingerprint density at radius 2 is 1.79 bits per heavy atom. The minimum Gasteiger partial charge on any atom is -0.374 e. The van der Waals surface area contributed by atoms with Crippen molar-refractivity contribution in [3.63, 3.8) is 0 Å². The van der Waals surface area contributed by atoms with Crippen LogP contribution in [0.15, 0.2) is 18.2 Å². The third-order valence-corrected chi connectivity index (χ3v) is 2.21. The van der Waals surface area contributed by atoms with Crippen LogP contribution < -0.4 is 4.90 Å². The Labute approximate surface area is 85.8 Å². The van der Waals surface area contributed by atoms with Crippen molar-refractivity contribution in [3.05, 3.63) is 29.3 Å². The first-order valence-corrected chi connectivity index (χ1v) is 4.80. The summed E-state index contributed by atoms with van der Waals surface area (Å²) in [5.41, 5.74) is 3.73. The van der Waals surface area contributed by atoms with Crippen LogP contribution in [0.3, 0.4) is 0 Å². The molecular formula is C12H16N2. The Bertz CT molecular complexity index is 330. The molecule has 0 aliphatic heterocycles. The van der Waals surface area contributed by atoms with Crippen molar-refractivity contribution >= 4 is 5.69 Å². The van der Waals surface area contributed by atoms with Crippen LogP contribution in [-0.4, -0.2) is 13.6 Å². The van der Waals surface area contributed by atoms with Crippen molar-refractivity contribution in [2.75, 3.05) is 18.5 Å². The molecule has 0 heterocycles. The molecule has 0 aliphatic rings. The Hall–Kier alpha value is -1.49. The van der Waals surface area contributed by atoms with Gasteiger partial charge in [-0.25, -0.2) is 0 Å². The van der Waals surface area contributed by atoms with Crippen LogP contribution in [0.2, 0.25) is 0 Å². The maximum Gasteiger partial charge on any atom is 0.0640 e. The van der Waals surface area contributed by atoms with Crippen LogP contribution in [0.5, 0.6) is 0 Å². The lowest BCUT2D eigenvalue weighted by Gasteiger charge is -2.18. The Morgan fingerprint density at radius 3 is 2.29 bits per heavy atom. The third kappa shape index (κ3) is 2.77. The van der Waals surface area contributed by atoms with Crippen LogP contribution in [0.4, 0.5) is 5.69 Å². The van der Waals surface area contributed by atoms with Gasteiger partial charge in [0.15, 0.2) is 0 Å². The smallest absolute Gasteiger partial charge is 0.0640 e. The second-order valence-electron chi connectivity index (χ2n) is 3.68. The summed E-state index contributed by atoms with van der Waals surface area (Å²) in [6, 6.07) is 8.60. The first-order chi connectivity index (χ1) is 6.63. The number of hydrogen-bond acceptors (Lipinski definition) is 2. The zero-order chi connectivity index (χ0) is 10.6. The molecule has 0 atom stereocenters. The van der Waals surface area contributed by atoms with Crippen molar-refractivity contribution in [2.24, 2.45) is 0 Å². The molecule has 14 heavy (non-hydrogen) atoms. The summed E-state index contributed by atoms with van der Waals surface area (Å²) in [5, 5.41) is 8.49. The first kappa shape index (κ1) is 10.6. The number of rotatable bonds is 3. The molecule has 0 bridgehead atoms. The van der Waals surface area contributed by atoms with Gasteiger partial charge in [0.05, 0.1) is 12.5 Å². The van der Waals surface area contributed by atoms with Crippen molar-refractivity contribution < 1.29 is 0 Å². The van der Waals surface area contributed by atoms with E-state index >= 15 is 0 Å². The van der Waals surface area contributed by atoms with E-state index in [0.717, 1.165) is 6.54 Å². The highest BCUT2D eigenvalue weighted by Gasteiger charge is 2.01. The Balaban J connectivity index is 2.79. The summed E-state index contributed by atoms with van der Waals surface area (Å²) in [6.45, 7) is 4.97. The van der Waals surface area contributed by atoms with Crippen LogP contribution >= 0.6 is 0 Å². The van der Waals surface area contributed by atoms with Crippen LogP contribution in [0.25, 0.3) is 0 Å². The molecule has 1 rings (SSSR count). The minimum atomic E-state index is 0.573. The Kier molecular flexibility index (Phi) is 3.53. The van der Waals surface area contributed by atoms with Crippen molar-refractivity contribution in [1.82, 2.24) is 0 Å². The van der Waals surface area contributed by atoms with E-state index in [-0.39, 0.29) is 0 Å². The third-order valence-electron chi connectivity index (χ3n) is 2.21. The highest BCUT2D eigenvalue weighted by atomic mass is 15.1.